The minimum atomic E-state index is 1.07. The van der Waals surface area contributed by atoms with Crippen LogP contribution in [-0.2, 0) is 6.54 Å². The van der Waals surface area contributed by atoms with Crippen molar-refractivity contribution in [2.75, 3.05) is 13.1 Å². The van der Waals surface area contributed by atoms with Crippen LogP contribution >= 0.6 is 0 Å². The predicted molar refractivity (Wildman–Crippen MR) is 60.6 cm³/mol. The van der Waals surface area contributed by atoms with E-state index >= 15 is 0 Å². The molecule has 0 amide bonds. The van der Waals surface area contributed by atoms with Crippen LogP contribution in [0.15, 0.2) is 24.7 Å². The van der Waals surface area contributed by atoms with Crippen molar-refractivity contribution in [2.24, 2.45) is 0 Å². The first-order valence-corrected chi connectivity index (χ1v) is 5.56. The van der Waals surface area contributed by atoms with Crippen molar-refractivity contribution in [3.8, 4) is 0 Å². The van der Waals surface area contributed by atoms with Crippen LogP contribution in [0.3, 0.4) is 0 Å². The number of H-pyrrole nitrogens is 1. The van der Waals surface area contributed by atoms with E-state index in [0.29, 0.717) is 0 Å². The lowest BCUT2D eigenvalue weighted by molar-refractivity contribution is 0.332. The van der Waals surface area contributed by atoms with Crippen molar-refractivity contribution in [1.82, 2.24) is 14.9 Å². The van der Waals surface area contributed by atoms with Crippen LogP contribution in [0, 0.1) is 0 Å². The fourth-order valence-corrected chi connectivity index (χ4v) is 2.34. The van der Waals surface area contributed by atoms with Crippen LogP contribution in [0.25, 0.3) is 10.9 Å². The van der Waals surface area contributed by atoms with E-state index in [1.165, 1.54) is 36.9 Å². The average Bonchev–Trinajstić information content (AvgIpc) is 2.89. The summed E-state index contributed by atoms with van der Waals surface area (Å²) >= 11 is 0. The normalized spacial score (nSPS) is 17.6. The van der Waals surface area contributed by atoms with Crippen molar-refractivity contribution >= 4 is 10.9 Å². The predicted octanol–water partition coefficient (Wildman–Crippen LogP) is 2.16. The van der Waals surface area contributed by atoms with E-state index in [2.05, 4.69) is 27.1 Å². The summed E-state index contributed by atoms with van der Waals surface area (Å²) in [5, 5.41) is 1.32. The SMILES string of the molecule is c1cc2c(CN3CCCC3)c[nH]c2cn1. The maximum absolute atomic E-state index is 4.11. The van der Waals surface area contributed by atoms with Gasteiger partial charge in [0.25, 0.3) is 0 Å². The largest absolute Gasteiger partial charge is 0.360 e. The molecule has 3 heterocycles. The Morgan fingerprint density at radius 1 is 1.33 bits per heavy atom. The number of pyridine rings is 1. The molecule has 0 radical (unpaired) electrons. The highest BCUT2D eigenvalue weighted by Gasteiger charge is 2.13. The van der Waals surface area contributed by atoms with Crippen molar-refractivity contribution in [2.45, 2.75) is 19.4 Å². The van der Waals surface area contributed by atoms with Crippen LogP contribution < -0.4 is 0 Å². The van der Waals surface area contributed by atoms with E-state index in [9.17, 15) is 0 Å². The molecule has 0 aliphatic carbocycles. The summed E-state index contributed by atoms with van der Waals surface area (Å²) in [6, 6.07) is 2.09. The summed E-state index contributed by atoms with van der Waals surface area (Å²) in [4.78, 5) is 9.90. The molecule has 15 heavy (non-hydrogen) atoms. The average molecular weight is 201 g/mol. The summed E-state index contributed by atoms with van der Waals surface area (Å²) in [7, 11) is 0. The van der Waals surface area contributed by atoms with E-state index in [0.717, 1.165) is 12.1 Å². The summed E-state index contributed by atoms with van der Waals surface area (Å²) in [6.07, 6.45) is 8.57. The highest BCUT2D eigenvalue weighted by molar-refractivity contribution is 5.82. The van der Waals surface area contributed by atoms with Gasteiger partial charge in [0, 0.05) is 24.3 Å². The molecule has 1 fully saturated rings. The van der Waals surface area contributed by atoms with Crippen LogP contribution in [0.5, 0.6) is 0 Å². The molecule has 2 aromatic heterocycles. The number of hydrogen-bond donors (Lipinski definition) is 1. The summed E-state index contributed by atoms with van der Waals surface area (Å²) in [5.74, 6) is 0. The second-order valence-corrected chi connectivity index (χ2v) is 4.22. The lowest BCUT2D eigenvalue weighted by atomic mass is 10.2. The third-order valence-corrected chi connectivity index (χ3v) is 3.16. The third-order valence-electron chi connectivity index (χ3n) is 3.16. The molecule has 2 aromatic rings. The Morgan fingerprint density at radius 2 is 2.20 bits per heavy atom. The molecular formula is C12H15N3. The molecule has 1 aliphatic rings. The molecular weight excluding hydrogens is 186 g/mol. The number of nitrogens with zero attached hydrogens (tertiary/aromatic N) is 2. The fraction of sp³-hybridized carbons (Fsp3) is 0.417. The molecule has 0 saturated carbocycles. The van der Waals surface area contributed by atoms with Crippen molar-refractivity contribution in [3.63, 3.8) is 0 Å². The van der Waals surface area contributed by atoms with E-state index in [-0.39, 0.29) is 0 Å². The Bertz CT molecular complexity index is 455. The fourth-order valence-electron chi connectivity index (χ4n) is 2.34. The second-order valence-electron chi connectivity index (χ2n) is 4.22. The lowest BCUT2D eigenvalue weighted by Gasteiger charge is -2.13. The Balaban J connectivity index is 1.90. The van der Waals surface area contributed by atoms with Gasteiger partial charge < -0.3 is 4.98 Å². The highest BCUT2D eigenvalue weighted by atomic mass is 15.1. The molecule has 1 N–H and O–H groups in total. The van der Waals surface area contributed by atoms with Crippen molar-refractivity contribution in [1.29, 1.82) is 0 Å². The van der Waals surface area contributed by atoms with E-state index in [1.54, 1.807) is 0 Å². The highest BCUT2D eigenvalue weighted by Crippen LogP contribution is 2.20. The molecule has 3 heteroatoms. The number of nitrogens with one attached hydrogen (secondary N) is 1. The summed E-state index contributed by atoms with van der Waals surface area (Å²) < 4.78 is 0. The Kier molecular flexibility index (Phi) is 2.18. The first kappa shape index (κ1) is 8.92. The van der Waals surface area contributed by atoms with Gasteiger partial charge in [-0.3, -0.25) is 9.88 Å². The van der Waals surface area contributed by atoms with Gasteiger partial charge in [0.05, 0.1) is 11.7 Å². The molecule has 0 atom stereocenters. The van der Waals surface area contributed by atoms with Gasteiger partial charge in [-0.2, -0.15) is 0 Å². The molecule has 0 bridgehead atoms. The lowest BCUT2D eigenvalue weighted by Crippen LogP contribution is -2.17. The molecule has 1 saturated heterocycles. The number of hydrogen-bond acceptors (Lipinski definition) is 2. The van der Waals surface area contributed by atoms with Crippen LogP contribution in [0.4, 0.5) is 0 Å². The van der Waals surface area contributed by atoms with E-state index < -0.39 is 0 Å². The van der Waals surface area contributed by atoms with Gasteiger partial charge in [-0.25, -0.2) is 0 Å². The zero-order valence-electron chi connectivity index (χ0n) is 8.74. The number of fused-ring (bicyclic) bond motifs is 1. The quantitative estimate of drug-likeness (QED) is 0.807. The standard InChI is InChI=1S/C12H15N3/c1-2-6-15(5-1)9-10-7-14-12-8-13-4-3-11(10)12/h3-4,7-8,14H,1-2,5-6,9H2. The number of likely N-dealkylation sites (tertiary alicyclic amines) is 1. The maximum Gasteiger partial charge on any atom is 0.0643 e. The Hall–Kier alpha value is -1.35. The minimum Gasteiger partial charge on any atom is -0.360 e. The zero-order valence-corrected chi connectivity index (χ0v) is 8.74. The van der Waals surface area contributed by atoms with Gasteiger partial charge in [-0.15, -0.1) is 0 Å². The smallest absolute Gasteiger partial charge is 0.0643 e. The van der Waals surface area contributed by atoms with Crippen LogP contribution in [-0.4, -0.2) is 28.0 Å². The van der Waals surface area contributed by atoms with Crippen molar-refractivity contribution in [3.05, 3.63) is 30.2 Å². The van der Waals surface area contributed by atoms with Crippen molar-refractivity contribution < 1.29 is 0 Å². The molecule has 1 aliphatic heterocycles. The van der Waals surface area contributed by atoms with Gasteiger partial charge in [0.15, 0.2) is 0 Å². The number of aromatic amines is 1. The third kappa shape index (κ3) is 1.63. The molecule has 78 valence electrons. The van der Waals surface area contributed by atoms with Gasteiger partial charge in [0.1, 0.15) is 0 Å². The molecule has 3 rings (SSSR count). The van der Waals surface area contributed by atoms with Crippen LogP contribution in [0.2, 0.25) is 0 Å². The monoisotopic (exact) mass is 201 g/mol. The molecule has 0 aromatic carbocycles. The molecule has 3 nitrogen and oxygen atoms in total. The molecule has 0 spiro atoms. The van der Waals surface area contributed by atoms with Gasteiger partial charge in [-0.1, -0.05) is 0 Å². The minimum absolute atomic E-state index is 1.07. The van der Waals surface area contributed by atoms with E-state index in [1.807, 2.05) is 12.4 Å². The van der Waals surface area contributed by atoms with Gasteiger partial charge in [0.2, 0.25) is 0 Å². The van der Waals surface area contributed by atoms with Gasteiger partial charge in [-0.05, 0) is 37.6 Å². The number of aromatic nitrogens is 2. The van der Waals surface area contributed by atoms with E-state index in [4.69, 9.17) is 0 Å². The second kappa shape index (κ2) is 3.66. The summed E-state index contributed by atoms with van der Waals surface area (Å²) in [5.41, 5.74) is 2.54. The Morgan fingerprint density at radius 3 is 3.07 bits per heavy atom. The zero-order chi connectivity index (χ0) is 10.1. The Labute approximate surface area is 89.1 Å². The first-order chi connectivity index (χ1) is 7.43. The first-order valence-electron chi connectivity index (χ1n) is 5.56. The maximum atomic E-state index is 4.11. The number of rotatable bonds is 2. The summed E-state index contributed by atoms with van der Waals surface area (Å²) in [6.45, 7) is 3.57. The van der Waals surface area contributed by atoms with Gasteiger partial charge >= 0.3 is 0 Å². The van der Waals surface area contributed by atoms with Crippen LogP contribution in [0.1, 0.15) is 18.4 Å². The molecule has 0 unspecified atom stereocenters. The topological polar surface area (TPSA) is 31.9 Å².